The van der Waals surface area contributed by atoms with E-state index in [4.69, 9.17) is 0 Å². The second-order valence-electron chi connectivity index (χ2n) is 19.6. The number of aliphatic hydroxyl groups is 2. The van der Waals surface area contributed by atoms with Crippen molar-refractivity contribution in [3.05, 3.63) is 164 Å². The minimum atomic E-state index is -2.68. The van der Waals surface area contributed by atoms with E-state index in [1.807, 2.05) is 0 Å². The van der Waals surface area contributed by atoms with Gasteiger partial charge in [0.1, 0.15) is 23.1 Å². The number of aromatic hydroxyl groups is 2. The zero-order chi connectivity index (χ0) is 51.6. The zero-order valence-corrected chi connectivity index (χ0v) is 40.9. The minimum Gasteiger partial charge on any atom is -0.508 e. The number of aliphatic hydroxyl groups excluding tert-OH is 2. The van der Waals surface area contributed by atoms with Crippen molar-refractivity contribution in [1.82, 2.24) is 21.3 Å². The summed E-state index contributed by atoms with van der Waals surface area (Å²) >= 11 is 0. The number of piperidine rings is 2. The van der Waals surface area contributed by atoms with Gasteiger partial charge < -0.3 is 41.7 Å². The summed E-state index contributed by atoms with van der Waals surface area (Å²) in [5, 5.41) is 59.9. The summed E-state index contributed by atoms with van der Waals surface area (Å²) in [5.41, 5.74) is -6.97. The molecule has 0 spiro atoms. The third kappa shape index (κ3) is 8.88. The van der Waals surface area contributed by atoms with Crippen LogP contribution in [0.2, 0.25) is 0 Å². The van der Waals surface area contributed by atoms with Crippen LogP contribution in [0.3, 0.4) is 0 Å². The molecule has 0 bridgehead atoms. The smallest absolute Gasteiger partial charge is 0.190 e. The highest BCUT2D eigenvalue weighted by Gasteiger charge is 2.68. The lowest BCUT2D eigenvalue weighted by Crippen LogP contribution is -2.60. The van der Waals surface area contributed by atoms with E-state index in [9.17, 15) is 20.4 Å². The third-order valence-corrected chi connectivity index (χ3v) is 15.6. The Morgan fingerprint density at radius 3 is 1.33 bits per heavy atom. The molecular formula is C57H62F4N4O7. The molecule has 2 unspecified atom stereocenters. The quantitative estimate of drug-likeness (QED) is 0.0396. The van der Waals surface area contributed by atoms with E-state index >= 15 is 31.9 Å². The van der Waals surface area contributed by atoms with Crippen LogP contribution >= 0.6 is 0 Å². The molecule has 4 aromatic carbocycles. The average Bonchev–Trinajstić information content (AvgIpc) is 3.38. The first-order valence-corrected chi connectivity index (χ1v) is 24.7. The van der Waals surface area contributed by atoms with E-state index in [1.165, 1.54) is 98.8 Å². The van der Waals surface area contributed by atoms with Crippen molar-refractivity contribution < 1.29 is 52.4 Å². The molecule has 2 saturated heterocycles. The summed E-state index contributed by atoms with van der Waals surface area (Å²) in [4.78, 5) is 49.0. The molecule has 4 aliphatic rings. The molecule has 72 heavy (non-hydrogen) atoms. The lowest BCUT2D eigenvalue weighted by molar-refractivity contribution is -0.146. The van der Waals surface area contributed by atoms with Crippen LogP contribution in [0.1, 0.15) is 81.5 Å². The Kier molecular flexibility index (Phi) is 15.4. The first kappa shape index (κ1) is 51.9. The van der Waals surface area contributed by atoms with Gasteiger partial charge in [-0.1, -0.05) is 48.5 Å². The van der Waals surface area contributed by atoms with E-state index in [2.05, 4.69) is 21.3 Å². The van der Waals surface area contributed by atoms with Crippen LogP contribution in [0.5, 0.6) is 11.5 Å². The van der Waals surface area contributed by atoms with Crippen molar-refractivity contribution in [2.75, 3.05) is 53.4 Å². The number of hydrogen-bond donors (Lipinski definition) is 8. The number of allylic oxidation sites excluding steroid dienone is 6. The number of nitrogens with one attached hydrogen (secondary N) is 4. The molecule has 2 fully saturated rings. The SMILES string of the molecule is CNCC[C@]1(C(=O)[C@@]2(CCNC)C(F)=C(O)C(c3cccc(F)c3C)=C(C(=O)c3cccc(O)c3)[C@@H]2C2CCCNC2)C(F)=C(O)C(c2cccc(F)c2C)=C(C(=O)c2cccc(O)c2)[C@@H]1C1CCCNC1. The first-order chi connectivity index (χ1) is 34.6. The van der Waals surface area contributed by atoms with E-state index in [0.717, 1.165) is 0 Å². The number of Topliss-reactive ketones (excluding diaryl/α,β-unsaturated/α-hetero) is 3. The van der Waals surface area contributed by atoms with Crippen LogP contribution in [-0.2, 0) is 4.79 Å². The number of rotatable bonds is 16. The van der Waals surface area contributed by atoms with Gasteiger partial charge in [0.15, 0.2) is 40.5 Å². The molecular weight excluding hydrogens is 929 g/mol. The van der Waals surface area contributed by atoms with Gasteiger partial charge in [0.05, 0.1) is 10.8 Å². The van der Waals surface area contributed by atoms with Gasteiger partial charge in [0.2, 0.25) is 0 Å². The first-order valence-electron chi connectivity index (χ1n) is 24.7. The second kappa shape index (κ2) is 21.4. The van der Waals surface area contributed by atoms with Gasteiger partial charge >= 0.3 is 0 Å². The maximum atomic E-state index is 19.3. The highest BCUT2D eigenvalue weighted by Crippen LogP contribution is 2.65. The maximum absolute atomic E-state index is 19.3. The molecule has 0 saturated carbocycles. The zero-order valence-electron chi connectivity index (χ0n) is 40.9. The lowest BCUT2D eigenvalue weighted by atomic mass is 9.47. The topological polar surface area (TPSA) is 180 Å². The second-order valence-corrected chi connectivity index (χ2v) is 19.6. The van der Waals surface area contributed by atoms with Crippen LogP contribution in [0.25, 0.3) is 11.1 Å². The van der Waals surface area contributed by atoms with Gasteiger partial charge in [0.25, 0.3) is 0 Å². The molecule has 2 aliphatic heterocycles. The number of phenolic OH excluding ortho intramolecular Hbond substituents is 2. The van der Waals surface area contributed by atoms with Gasteiger partial charge in [-0.2, -0.15) is 0 Å². The average molecular weight is 991 g/mol. The third-order valence-electron chi connectivity index (χ3n) is 15.6. The van der Waals surface area contributed by atoms with E-state index in [0.29, 0.717) is 38.8 Å². The van der Waals surface area contributed by atoms with Crippen LogP contribution in [0, 0.1) is 60.0 Å². The van der Waals surface area contributed by atoms with Gasteiger partial charge in [-0.25, -0.2) is 17.6 Å². The minimum absolute atomic E-state index is 0.0374. The molecule has 2 heterocycles. The summed E-state index contributed by atoms with van der Waals surface area (Å²) in [6.45, 7) is 3.85. The Morgan fingerprint density at radius 1 is 0.597 bits per heavy atom. The normalized spacial score (nSPS) is 25.0. The van der Waals surface area contributed by atoms with E-state index in [1.54, 1.807) is 14.1 Å². The Labute approximate surface area is 416 Å². The fraction of sp³-hybridized carbons (Fsp3) is 0.386. The van der Waals surface area contributed by atoms with Crippen molar-refractivity contribution in [1.29, 1.82) is 0 Å². The monoisotopic (exact) mass is 990 g/mol. The molecule has 15 heteroatoms. The summed E-state index contributed by atoms with van der Waals surface area (Å²) in [6.07, 6.45) is 0.612. The number of benzene rings is 4. The van der Waals surface area contributed by atoms with Gasteiger partial charge in [-0.15, -0.1) is 0 Å². The fourth-order valence-corrected chi connectivity index (χ4v) is 12.3. The Balaban J connectivity index is 1.54. The fourth-order valence-electron chi connectivity index (χ4n) is 12.3. The standard InChI is InChI=1S/C57H62F4N4O7/c1-31-39(17-7-19-41(31)58)43-45(49(68)33-11-5-15-37(66)27-33)47(35-13-9-23-64-29-35)56(21-25-62-3,53(60)51(43)70)55(72)57(22-26-63-4)48(36-14-10-24-65-30-36)46(50(69)34-12-6-16-38(67)28-34)44(52(71)54(57)61)40-18-8-20-42(59)32(40)2/h5-8,11-12,15-20,27-28,35-36,47-48,62-67,70-71H,9-10,13-14,21-26,29-30H2,1-4H3/t35?,36?,47-,48-,56+,57+/m0/s1. The predicted octanol–water partition coefficient (Wildman–Crippen LogP) is 9.46. The van der Waals surface area contributed by atoms with E-state index < -0.39 is 99.5 Å². The number of hydrogen-bond acceptors (Lipinski definition) is 11. The predicted molar refractivity (Wildman–Crippen MR) is 268 cm³/mol. The van der Waals surface area contributed by atoms with Crippen LogP contribution in [0.4, 0.5) is 17.6 Å². The molecule has 380 valence electrons. The molecule has 11 nitrogen and oxygen atoms in total. The number of phenols is 2. The molecule has 8 rings (SSSR count). The number of carbonyl (C=O) groups is 3. The molecule has 8 N–H and O–H groups in total. The van der Waals surface area contributed by atoms with Gasteiger partial charge in [0, 0.05) is 45.3 Å². The molecule has 4 aromatic rings. The van der Waals surface area contributed by atoms with Crippen molar-refractivity contribution in [2.24, 2.45) is 34.5 Å². The summed E-state index contributed by atoms with van der Waals surface area (Å²) in [5.74, 6) is -14.6. The molecule has 0 amide bonds. The highest BCUT2D eigenvalue weighted by atomic mass is 19.1. The van der Waals surface area contributed by atoms with Crippen molar-refractivity contribution in [3.63, 3.8) is 0 Å². The number of ketones is 3. The maximum Gasteiger partial charge on any atom is 0.190 e. The van der Waals surface area contributed by atoms with Gasteiger partial charge in [-0.05, 0) is 176 Å². The Bertz CT molecular complexity index is 2730. The number of carbonyl (C=O) groups excluding carboxylic acids is 3. The Hall–Kier alpha value is -6.39. The van der Waals surface area contributed by atoms with Crippen LogP contribution in [-0.4, -0.2) is 91.1 Å². The van der Waals surface area contributed by atoms with Crippen molar-refractivity contribution in [3.8, 4) is 11.5 Å². The summed E-state index contributed by atoms with van der Waals surface area (Å²) < 4.78 is 70.1. The largest absolute Gasteiger partial charge is 0.508 e. The van der Waals surface area contributed by atoms with Crippen LogP contribution < -0.4 is 21.3 Å². The van der Waals surface area contributed by atoms with Crippen LogP contribution in [0.15, 0.2) is 119 Å². The summed E-state index contributed by atoms with van der Waals surface area (Å²) in [7, 11) is 3.14. The van der Waals surface area contributed by atoms with Crippen molar-refractivity contribution in [2.45, 2.75) is 52.4 Å². The highest BCUT2D eigenvalue weighted by molar-refractivity contribution is 6.19. The molecule has 2 aliphatic carbocycles. The Morgan fingerprint density at radius 2 is 0.986 bits per heavy atom. The molecule has 0 aromatic heterocycles. The van der Waals surface area contributed by atoms with Crippen molar-refractivity contribution >= 4 is 28.5 Å². The van der Waals surface area contributed by atoms with E-state index in [-0.39, 0.29) is 93.4 Å². The number of halogens is 4. The molecule has 0 radical (unpaired) electrons. The summed E-state index contributed by atoms with van der Waals surface area (Å²) in [6, 6.07) is 18.8. The lowest BCUT2D eigenvalue weighted by Gasteiger charge is -2.54. The van der Waals surface area contributed by atoms with Gasteiger partial charge in [-0.3, -0.25) is 14.4 Å². The molecule has 6 atom stereocenters.